The van der Waals surface area contributed by atoms with E-state index in [1.165, 1.54) is 0 Å². The second-order valence-electron chi connectivity index (χ2n) is 6.83. The largest absolute Gasteiger partial charge is 0.425 e. The van der Waals surface area contributed by atoms with Gasteiger partial charge in [-0.25, -0.2) is 0 Å². The smallest absolute Gasteiger partial charge is 0.222 e. The van der Waals surface area contributed by atoms with Crippen molar-refractivity contribution >= 4 is 0 Å². The molecule has 0 N–H and O–H groups in total. The summed E-state index contributed by atoms with van der Waals surface area (Å²) in [6, 6.07) is 0. The molecule has 20 heavy (non-hydrogen) atoms. The summed E-state index contributed by atoms with van der Waals surface area (Å²) >= 11 is 0. The van der Waals surface area contributed by atoms with E-state index in [1.54, 1.807) is 6.92 Å². The molecule has 0 atom stereocenters. The molecular weight excluding hydrogens is 252 g/mol. The molecular formula is C15H22N4O. The molecule has 0 aliphatic heterocycles. The van der Waals surface area contributed by atoms with Crippen LogP contribution in [0.2, 0.25) is 0 Å². The molecule has 2 heterocycles. The molecule has 0 aromatic carbocycles. The quantitative estimate of drug-likeness (QED) is 0.861. The zero-order valence-electron chi connectivity index (χ0n) is 13.1. The highest BCUT2D eigenvalue weighted by Crippen LogP contribution is 2.26. The van der Waals surface area contributed by atoms with E-state index >= 15 is 0 Å². The highest BCUT2D eigenvalue weighted by molar-refractivity contribution is 5.14. The maximum atomic E-state index is 5.53. The van der Waals surface area contributed by atoms with E-state index in [2.05, 4.69) is 54.8 Å². The SMILES string of the molecule is Cc1nnc(C(C)(C)Cc2cnc(C(C)(C)C)cn2)o1. The van der Waals surface area contributed by atoms with Crippen molar-refractivity contribution in [2.75, 3.05) is 0 Å². The standard InChI is InChI=1S/C15H22N4O/c1-10-18-19-13(20-10)15(5,6)7-11-8-17-12(9-16-11)14(2,3)4/h8-9H,7H2,1-6H3. The van der Waals surface area contributed by atoms with E-state index in [0.717, 1.165) is 11.4 Å². The molecule has 5 nitrogen and oxygen atoms in total. The van der Waals surface area contributed by atoms with Crippen LogP contribution in [0.1, 0.15) is 57.8 Å². The fraction of sp³-hybridized carbons (Fsp3) is 0.600. The van der Waals surface area contributed by atoms with E-state index in [-0.39, 0.29) is 10.8 Å². The molecule has 0 fully saturated rings. The number of hydrogen-bond donors (Lipinski definition) is 0. The maximum absolute atomic E-state index is 5.53. The molecule has 108 valence electrons. The molecule has 0 saturated carbocycles. The molecule has 0 aliphatic carbocycles. The maximum Gasteiger partial charge on any atom is 0.222 e. The van der Waals surface area contributed by atoms with Crippen LogP contribution in [-0.2, 0) is 17.3 Å². The first-order valence-electron chi connectivity index (χ1n) is 6.80. The molecule has 0 spiro atoms. The van der Waals surface area contributed by atoms with Gasteiger partial charge in [-0.3, -0.25) is 9.97 Å². The van der Waals surface area contributed by atoms with Crippen LogP contribution >= 0.6 is 0 Å². The Balaban J connectivity index is 2.17. The van der Waals surface area contributed by atoms with Gasteiger partial charge >= 0.3 is 0 Å². The van der Waals surface area contributed by atoms with Gasteiger partial charge in [-0.15, -0.1) is 10.2 Å². The van der Waals surface area contributed by atoms with E-state index in [0.29, 0.717) is 18.2 Å². The summed E-state index contributed by atoms with van der Waals surface area (Å²) in [6.45, 7) is 12.3. The van der Waals surface area contributed by atoms with Crippen LogP contribution in [0.25, 0.3) is 0 Å². The Morgan fingerprint density at radius 3 is 2.15 bits per heavy atom. The minimum absolute atomic E-state index is 0.0185. The second kappa shape index (κ2) is 4.96. The Bertz CT molecular complexity index is 579. The van der Waals surface area contributed by atoms with Crippen molar-refractivity contribution in [3.8, 4) is 0 Å². The minimum atomic E-state index is -0.251. The third kappa shape index (κ3) is 3.21. The van der Waals surface area contributed by atoms with Gasteiger partial charge in [0.25, 0.3) is 0 Å². The summed E-state index contributed by atoms with van der Waals surface area (Å²) in [5, 5.41) is 7.99. The van der Waals surface area contributed by atoms with Gasteiger partial charge in [0.15, 0.2) is 0 Å². The van der Waals surface area contributed by atoms with Crippen LogP contribution in [-0.4, -0.2) is 20.2 Å². The number of aromatic nitrogens is 4. The molecule has 2 rings (SSSR count). The van der Waals surface area contributed by atoms with E-state index < -0.39 is 0 Å². The Kier molecular flexibility index (Phi) is 3.63. The van der Waals surface area contributed by atoms with Gasteiger partial charge in [0.1, 0.15) is 0 Å². The lowest BCUT2D eigenvalue weighted by molar-refractivity contribution is 0.354. The fourth-order valence-corrected chi connectivity index (χ4v) is 1.93. The summed E-state index contributed by atoms with van der Waals surface area (Å²) in [4.78, 5) is 9.01. The Morgan fingerprint density at radius 2 is 1.70 bits per heavy atom. The summed E-state index contributed by atoms with van der Waals surface area (Å²) < 4.78 is 5.53. The topological polar surface area (TPSA) is 64.7 Å². The van der Waals surface area contributed by atoms with Gasteiger partial charge in [0.05, 0.1) is 11.4 Å². The zero-order chi connectivity index (χ0) is 15.0. The van der Waals surface area contributed by atoms with Crippen LogP contribution in [0.4, 0.5) is 0 Å². The lowest BCUT2D eigenvalue weighted by atomic mass is 9.87. The van der Waals surface area contributed by atoms with Crippen LogP contribution < -0.4 is 0 Å². The van der Waals surface area contributed by atoms with Crippen molar-refractivity contribution in [1.82, 2.24) is 20.2 Å². The van der Waals surface area contributed by atoms with Crippen LogP contribution in [0.15, 0.2) is 16.8 Å². The average molecular weight is 274 g/mol. The molecule has 0 radical (unpaired) electrons. The molecule has 0 bridgehead atoms. The predicted octanol–water partition coefficient (Wildman–Crippen LogP) is 2.99. The zero-order valence-corrected chi connectivity index (χ0v) is 13.1. The molecule has 0 unspecified atom stereocenters. The van der Waals surface area contributed by atoms with Gasteiger partial charge in [-0.1, -0.05) is 34.6 Å². The summed E-state index contributed by atoms with van der Waals surface area (Å²) in [7, 11) is 0. The highest BCUT2D eigenvalue weighted by Gasteiger charge is 2.28. The first-order valence-corrected chi connectivity index (χ1v) is 6.80. The van der Waals surface area contributed by atoms with Gasteiger partial charge in [-0.05, 0) is 0 Å². The van der Waals surface area contributed by atoms with Crippen molar-refractivity contribution in [2.24, 2.45) is 0 Å². The van der Waals surface area contributed by atoms with Gasteiger partial charge in [0.2, 0.25) is 11.8 Å². The monoisotopic (exact) mass is 274 g/mol. The molecule has 2 aromatic rings. The Morgan fingerprint density at radius 1 is 1.00 bits per heavy atom. The van der Waals surface area contributed by atoms with Crippen LogP contribution in [0.5, 0.6) is 0 Å². The number of nitrogens with zero attached hydrogens (tertiary/aromatic N) is 4. The van der Waals surface area contributed by atoms with Crippen molar-refractivity contribution in [2.45, 2.75) is 58.8 Å². The Labute approximate surface area is 119 Å². The van der Waals surface area contributed by atoms with Gasteiger partial charge in [0, 0.05) is 36.6 Å². The third-order valence-corrected chi connectivity index (χ3v) is 3.20. The van der Waals surface area contributed by atoms with E-state index in [1.807, 2.05) is 12.4 Å². The molecule has 2 aromatic heterocycles. The van der Waals surface area contributed by atoms with Crippen molar-refractivity contribution < 1.29 is 4.42 Å². The number of rotatable bonds is 3. The third-order valence-electron chi connectivity index (χ3n) is 3.20. The second-order valence-corrected chi connectivity index (χ2v) is 6.83. The number of hydrogen-bond acceptors (Lipinski definition) is 5. The van der Waals surface area contributed by atoms with Crippen molar-refractivity contribution in [3.05, 3.63) is 35.6 Å². The van der Waals surface area contributed by atoms with Crippen LogP contribution in [0, 0.1) is 6.92 Å². The van der Waals surface area contributed by atoms with E-state index in [9.17, 15) is 0 Å². The fourth-order valence-electron chi connectivity index (χ4n) is 1.93. The van der Waals surface area contributed by atoms with E-state index in [4.69, 9.17) is 4.42 Å². The molecule has 5 heteroatoms. The normalized spacial score (nSPS) is 12.7. The lowest BCUT2D eigenvalue weighted by Gasteiger charge is -2.20. The summed E-state index contributed by atoms with van der Waals surface area (Å²) in [6.07, 6.45) is 4.40. The first-order chi connectivity index (χ1) is 9.18. The first kappa shape index (κ1) is 14.6. The highest BCUT2D eigenvalue weighted by atomic mass is 16.4. The Hall–Kier alpha value is -1.78. The summed E-state index contributed by atoms with van der Waals surface area (Å²) in [5.41, 5.74) is 1.69. The molecule has 0 amide bonds. The van der Waals surface area contributed by atoms with Crippen molar-refractivity contribution in [3.63, 3.8) is 0 Å². The molecule has 0 aliphatic rings. The van der Waals surface area contributed by atoms with Crippen molar-refractivity contribution in [1.29, 1.82) is 0 Å². The number of aryl methyl sites for hydroxylation is 1. The predicted molar refractivity (Wildman–Crippen MR) is 76.5 cm³/mol. The lowest BCUT2D eigenvalue weighted by Crippen LogP contribution is -2.22. The van der Waals surface area contributed by atoms with Crippen LogP contribution in [0.3, 0.4) is 0 Å². The van der Waals surface area contributed by atoms with Gasteiger partial charge in [-0.2, -0.15) is 0 Å². The minimum Gasteiger partial charge on any atom is -0.425 e. The average Bonchev–Trinajstić information content (AvgIpc) is 2.76. The summed E-state index contributed by atoms with van der Waals surface area (Å²) in [5.74, 6) is 1.22. The van der Waals surface area contributed by atoms with Gasteiger partial charge < -0.3 is 4.42 Å². The molecule has 0 saturated heterocycles.